The highest BCUT2D eigenvalue weighted by Gasteiger charge is 2.33. The molecule has 13 nitrogen and oxygen atoms in total. The number of phenolic OH excluding ortho intramolecular Hbond substituents is 2. The van der Waals surface area contributed by atoms with E-state index in [0.717, 1.165) is 0 Å². The van der Waals surface area contributed by atoms with E-state index in [1.54, 1.807) is 38.4 Å². The number of hydrogen-bond acceptors (Lipinski definition) is 10. The minimum Gasteiger partial charge on any atom is -0.508 e. The number of carbonyl (C=O) groups excluding carboxylic acids is 3. The number of hydrogen-bond donors (Lipinski definition) is 9. The lowest BCUT2D eigenvalue weighted by Crippen LogP contribution is -2.58. The maximum Gasteiger partial charge on any atom is 0.245 e. The zero-order valence-corrected chi connectivity index (χ0v) is 24.0. The summed E-state index contributed by atoms with van der Waals surface area (Å²) in [6, 6.07) is 6.58. The Hall–Kier alpha value is -3.75. The number of phenols is 2. The van der Waals surface area contributed by atoms with Crippen molar-refractivity contribution >= 4 is 17.7 Å². The van der Waals surface area contributed by atoms with E-state index in [9.17, 15) is 34.8 Å². The Morgan fingerprint density at radius 3 is 2.17 bits per heavy atom. The van der Waals surface area contributed by atoms with Gasteiger partial charge in [0.1, 0.15) is 23.6 Å². The second-order valence-corrected chi connectivity index (χ2v) is 10.3. The highest BCUT2D eigenvalue weighted by Crippen LogP contribution is 2.31. The van der Waals surface area contributed by atoms with Crippen LogP contribution in [0.25, 0.3) is 11.1 Å². The molecule has 230 valence electrons. The van der Waals surface area contributed by atoms with Crippen molar-refractivity contribution in [2.45, 2.75) is 43.5 Å². The molecule has 0 radical (unpaired) electrons. The first-order chi connectivity index (χ1) is 20.1. The largest absolute Gasteiger partial charge is 0.508 e. The fourth-order valence-corrected chi connectivity index (χ4v) is 5.02. The maximum absolute atomic E-state index is 13.7. The number of fused-ring (bicyclic) bond motifs is 5. The van der Waals surface area contributed by atoms with Gasteiger partial charge in [-0.2, -0.15) is 0 Å². The van der Waals surface area contributed by atoms with Crippen LogP contribution in [-0.2, 0) is 27.2 Å². The second-order valence-electron chi connectivity index (χ2n) is 10.3. The van der Waals surface area contributed by atoms with Crippen molar-refractivity contribution in [3.05, 3.63) is 47.5 Å². The molecule has 0 saturated heterocycles. The van der Waals surface area contributed by atoms with Crippen molar-refractivity contribution in [1.29, 1.82) is 0 Å². The van der Waals surface area contributed by atoms with Crippen LogP contribution in [0.1, 0.15) is 17.5 Å². The number of amides is 3. The summed E-state index contributed by atoms with van der Waals surface area (Å²) in [6.07, 6.45) is -1.17. The molecule has 3 amide bonds. The fraction of sp³-hybridized carbons (Fsp3) is 0.483. The molecule has 0 saturated carbocycles. The van der Waals surface area contributed by atoms with Gasteiger partial charge in [0.2, 0.25) is 17.7 Å². The molecule has 2 aromatic carbocycles. The summed E-state index contributed by atoms with van der Waals surface area (Å²) < 4.78 is 0. The molecule has 0 spiro atoms. The Bertz CT molecular complexity index is 1240. The molecule has 1 heterocycles. The van der Waals surface area contributed by atoms with Crippen molar-refractivity contribution < 1.29 is 34.8 Å². The van der Waals surface area contributed by atoms with E-state index in [1.807, 2.05) is 0 Å². The molecule has 3 rings (SSSR count). The predicted molar refractivity (Wildman–Crippen MR) is 157 cm³/mol. The van der Waals surface area contributed by atoms with Gasteiger partial charge in [-0.15, -0.1) is 0 Å². The van der Waals surface area contributed by atoms with Gasteiger partial charge in [-0.05, 0) is 60.6 Å². The summed E-state index contributed by atoms with van der Waals surface area (Å²) in [5.74, 6) is -1.88. The number of aliphatic hydroxyl groups excluding tert-OH is 2. The lowest BCUT2D eigenvalue weighted by molar-refractivity contribution is -0.138. The molecule has 2 aromatic rings. The molecule has 0 unspecified atom stereocenters. The summed E-state index contributed by atoms with van der Waals surface area (Å²) >= 11 is 0. The summed E-state index contributed by atoms with van der Waals surface area (Å²) in [6.45, 7) is 0.0569. The first-order valence-electron chi connectivity index (χ1n) is 14.0. The first kappa shape index (κ1) is 32.8. The van der Waals surface area contributed by atoms with Gasteiger partial charge >= 0.3 is 0 Å². The van der Waals surface area contributed by atoms with Crippen LogP contribution >= 0.6 is 0 Å². The number of benzene rings is 2. The van der Waals surface area contributed by atoms with E-state index < -0.39 is 42.0 Å². The Balaban J connectivity index is 2.15. The van der Waals surface area contributed by atoms with Crippen LogP contribution in [0.2, 0.25) is 0 Å². The summed E-state index contributed by atoms with van der Waals surface area (Å²) in [4.78, 5) is 42.1. The molecule has 1 aliphatic heterocycles. The van der Waals surface area contributed by atoms with E-state index in [1.165, 1.54) is 17.0 Å². The van der Waals surface area contributed by atoms with Crippen molar-refractivity contribution in [2.75, 3.05) is 46.9 Å². The third-order valence-electron chi connectivity index (χ3n) is 7.28. The maximum atomic E-state index is 13.7. The molecular formula is C29H42N6O7. The van der Waals surface area contributed by atoms with Gasteiger partial charge in [0, 0.05) is 45.4 Å². The highest BCUT2D eigenvalue weighted by molar-refractivity contribution is 5.93. The lowest BCUT2D eigenvalue weighted by Gasteiger charge is -2.29. The van der Waals surface area contributed by atoms with Crippen LogP contribution in [0.3, 0.4) is 0 Å². The third-order valence-corrected chi connectivity index (χ3v) is 7.28. The fourth-order valence-electron chi connectivity index (χ4n) is 5.02. The second kappa shape index (κ2) is 15.5. The molecule has 10 N–H and O–H groups in total. The summed E-state index contributed by atoms with van der Waals surface area (Å²) in [7, 11) is 3.22. The summed E-state index contributed by atoms with van der Waals surface area (Å²) in [5.41, 5.74) is 7.94. The third kappa shape index (κ3) is 8.39. The van der Waals surface area contributed by atoms with E-state index >= 15 is 0 Å². The van der Waals surface area contributed by atoms with Crippen LogP contribution in [0.4, 0.5) is 0 Å². The van der Waals surface area contributed by atoms with Gasteiger partial charge < -0.3 is 52.3 Å². The van der Waals surface area contributed by atoms with E-state index in [2.05, 4.69) is 21.3 Å². The zero-order valence-electron chi connectivity index (χ0n) is 24.0. The van der Waals surface area contributed by atoms with Gasteiger partial charge in [-0.1, -0.05) is 12.1 Å². The number of nitrogens with one attached hydrogen (secondary N) is 4. The molecule has 1 aliphatic rings. The Labute approximate surface area is 245 Å². The average Bonchev–Trinajstić information content (AvgIpc) is 2.96. The Kier molecular flexibility index (Phi) is 12.1. The standard InChI is InChI=1S/C29H42N6O7/c1-31-16-21(37)15-23-28(41)34-24(29(42)35(8-7-30)9-10-36)14-20-12-18(4-6-26(20)39)17-3-5-25(38)19(11-17)13-22(32-2)27(40)33-23/h3-6,11-12,21-24,31-32,36-39H,7-10,13-16,30H2,1-2H3,(H,33,40)(H,34,41)/t21-,22+,23+,24+/m1/s1. The highest BCUT2D eigenvalue weighted by atomic mass is 16.3. The van der Waals surface area contributed by atoms with Crippen molar-refractivity contribution in [3.8, 4) is 22.6 Å². The topological polar surface area (TPSA) is 210 Å². The first-order valence-corrected chi connectivity index (χ1v) is 14.0. The summed E-state index contributed by atoms with van der Waals surface area (Å²) in [5, 5.41) is 52.5. The number of likely N-dealkylation sites (N-methyl/N-ethyl adjacent to an activating group) is 2. The lowest BCUT2D eigenvalue weighted by atomic mass is 9.95. The molecular weight excluding hydrogens is 544 g/mol. The Morgan fingerprint density at radius 2 is 1.62 bits per heavy atom. The van der Waals surface area contributed by atoms with Gasteiger partial charge in [-0.3, -0.25) is 14.4 Å². The van der Waals surface area contributed by atoms with E-state index in [-0.39, 0.29) is 63.5 Å². The SMILES string of the molecule is CNC[C@H](O)C[C@@H]1NC(=O)[C@@H](NC)Cc2cc(ccc2O)-c2ccc(O)c(c2)C[C@@H](C(=O)N(CCN)CCO)NC1=O. The molecule has 0 aromatic heterocycles. The van der Waals surface area contributed by atoms with Gasteiger partial charge in [0.25, 0.3) is 0 Å². The van der Waals surface area contributed by atoms with Crippen LogP contribution in [0.5, 0.6) is 11.5 Å². The zero-order chi connectivity index (χ0) is 30.8. The molecule has 0 fully saturated rings. The van der Waals surface area contributed by atoms with Crippen LogP contribution < -0.4 is 27.0 Å². The van der Waals surface area contributed by atoms with Gasteiger partial charge in [0.05, 0.1) is 18.8 Å². The van der Waals surface area contributed by atoms with Gasteiger partial charge in [0.15, 0.2) is 0 Å². The van der Waals surface area contributed by atoms with Crippen molar-refractivity contribution in [3.63, 3.8) is 0 Å². The van der Waals surface area contributed by atoms with E-state index in [4.69, 9.17) is 5.73 Å². The molecule has 4 atom stereocenters. The predicted octanol–water partition coefficient (Wildman–Crippen LogP) is -1.83. The van der Waals surface area contributed by atoms with E-state index in [0.29, 0.717) is 22.3 Å². The van der Waals surface area contributed by atoms with Crippen LogP contribution in [0.15, 0.2) is 36.4 Å². The quantitative estimate of drug-likeness (QED) is 0.152. The molecule has 42 heavy (non-hydrogen) atoms. The smallest absolute Gasteiger partial charge is 0.245 e. The van der Waals surface area contributed by atoms with Gasteiger partial charge in [-0.25, -0.2) is 0 Å². The number of nitrogens with two attached hydrogens (primary N) is 1. The number of aromatic hydroxyl groups is 2. The number of carbonyl (C=O) groups is 3. The van der Waals surface area contributed by atoms with Crippen LogP contribution in [0, 0.1) is 0 Å². The monoisotopic (exact) mass is 586 g/mol. The number of nitrogens with zero attached hydrogens (tertiary/aromatic N) is 1. The number of aliphatic hydroxyl groups is 2. The minimum absolute atomic E-state index is 0.0107. The Morgan fingerprint density at radius 1 is 1.00 bits per heavy atom. The number of rotatable bonds is 10. The van der Waals surface area contributed by atoms with Crippen molar-refractivity contribution in [2.24, 2.45) is 5.73 Å². The average molecular weight is 587 g/mol. The molecule has 13 heteroatoms. The normalized spacial score (nSPS) is 20.1. The van der Waals surface area contributed by atoms with Crippen molar-refractivity contribution in [1.82, 2.24) is 26.2 Å². The van der Waals surface area contributed by atoms with Crippen LogP contribution in [-0.4, -0.2) is 114 Å². The molecule has 0 aliphatic carbocycles. The minimum atomic E-state index is -1.22. The molecule has 4 bridgehead atoms.